The van der Waals surface area contributed by atoms with Gasteiger partial charge in [0.05, 0.1) is 11.6 Å². The van der Waals surface area contributed by atoms with Crippen LogP contribution in [0, 0.1) is 11.8 Å². The molecule has 0 bridgehead atoms. The van der Waals surface area contributed by atoms with Gasteiger partial charge in [0, 0.05) is 44.0 Å². The maximum Gasteiger partial charge on any atom is 0.255 e. The van der Waals surface area contributed by atoms with Crippen LogP contribution in [0.1, 0.15) is 40.7 Å². The van der Waals surface area contributed by atoms with Crippen LogP contribution in [0.25, 0.3) is 0 Å². The molecule has 0 aromatic heterocycles. The summed E-state index contributed by atoms with van der Waals surface area (Å²) >= 11 is 0. The molecule has 1 amide bonds. The number of phenols is 1. The van der Waals surface area contributed by atoms with Crippen LogP contribution in [0.3, 0.4) is 0 Å². The van der Waals surface area contributed by atoms with E-state index in [1.807, 2.05) is 4.90 Å². The summed E-state index contributed by atoms with van der Waals surface area (Å²) in [5, 5.41) is 44.5. The molecule has 1 fully saturated rings. The van der Waals surface area contributed by atoms with Gasteiger partial charge in [-0.1, -0.05) is 6.07 Å². The lowest BCUT2D eigenvalue weighted by Crippen LogP contribution is -2.63. The summed E-state index contributed by atoms with van der Waals surface area (Å²) in [6, 6.07) is 1.89. The number of aliphatic hydroxyl groups excluding tert-OH is 2. The number of aliphatic hydroxyl groups is 3. The average Bonchev–Trinajstić information content (AvgIpc) is 2.84. The lowest BCUT2D eigenvalue weighted by Gasteiger charge is -2.50. The van der Waals surface area contributed by atoms with E-state index in [0.29, 0.717) is 11.1 Å². The molecule has 0 radical (unpaired) electrons. The molecular formula is C27H31F2N3O7. The number of Topliss-reactive ketones (excluding diaryl/α,β-unsaturated/α-hetero) is 2. The lowest BCUT2D eigenvalue weighted by atomic mass is 9.58. The number of likely N-dealkylation sites (N-methyl/N-ethyl adjacent to an activating group) is 1. The quantitative estimate of drug-likeness (QED) is 0.350. The zero-order chi connectivity index (χ0) is 28.6. The maximum atomic E-state index is 13.8. The van der Waals surface area contributed by atoms with Crippen molar-refractivity contribution in [2.45, 2.75) is 49.8 Å². The van der Waals surface area contributed by atoms with Crippen molar-refractivity contribution in [2.75, 3.05) is 27.2 Å². The molecule has 0 unspecified atom stereocenters. The molecule has 3 aliphatic carbocycles. The van der Waals surface area contributed by atoms with Gasteiger partial charge in [-0.05, 0) is 50.0 Å². The van der Waals surface area contributed by atoms with Crippen molar-refractivity contribution < 1.29 is 43.6 Å². The predicted octanol–water partition coefficient (Wildman–Crippen LogP) is 1.35. The molecule has 5 rings (SSSR count). The third kappa shape index (κ3) is 4.04. The van der Waals surface area contributed by atoms with Crippen molar-refractivity contribution in [2.24, 2.45) is 17.6 Å². The van der Waals surface area contributed by atoms with Gasteiger partial charge in [0.15, 0.2) is 11.4 Å². The molecular weight excluding hydrogens is 516 g/mol. The summed E-state index contributed by atoms with van der Waals surface area (Å²) in [5.74, 6) is -9.79. The van der Waals surface area contributed by atoms with E-state index >= 15 is 0 Å². The zero-order valence-corrected chi connectivity index (χ0v) is 21.6. The Morgan fingerprint density at radius 1 is 1.15 bits per heavy atom. The number of piperidine rings is 1. The third-order valence-corrected chi connectivity index (χ3v) is 8.68. The summed E-state index contributed by atoms with van der Waals surface area (Å²) in [5.41, 5.74) is 2.63. The van der Waals surface area contributed by atoms with E-state index in [1.165, 1.54) is 11.0 Å². The van der Waals surface area contributed by atoms with E-state index in [0.717, 1.165) is 0 Å². The Bertz CT molecular complexity index is 1340. The second-order valence-corrected chi connectivity index (χ2v) is 11.2. The lowest BCUT2D eigenvalue weighted by molar-refractivity contribution is -0.148. The number of allylic oxidation sites excluding steroid dienone is 1. The Labute approximate surface area is 223 Å². The molecule has 4 aliphatic rings. The van der Waals surface area contributed by atoms with E-state index < -0.39 is 64.0 Å². The van der Waals surface area contributed by atoms with Gasteiger partial charge in [0.2, 0.25) is 5.78 Å². The number of likely N-dealkylation sites (tertiary alicyclic amines) is 1. The Balaban J connectivity index is 1.59. The number of carbonyl (C=O) groups excluding carboxylic acids is 3. The highest BCUT2D eigenvalue weighted by molar-refractivity contribution is 6.24. The van der Waals surface area contributed by atoms with E-state index in [4.69, 9.17) is 5.73 Å². The van der Waals surface area contributed by atoms with Gasteiger partial charge in [0.1, 0.15) is 22.8 Å². The molecule has 39 heavy (non-hydrogen) atoms. The molecule has 6 N–H and O–H groups in total. The number of nitrogens with zero attached hydrogens (tertiary/aromatic N) is 2. The van der Waals surface area contributed by atoms with Gasteiger partial charge >= 0.3 is 0 Å². The fourth-order valence-corrected chi connectivity index (χ4v) is 6.74. The molecule has 1 heterocycles. The number of primary amides is 1. The van der Waals surface area contributed by atoms with Crippen LogP contribution in [0.15, 0.2) is 34.8 Å². The Morgan fingerprint density at radius 2 is 1.79 bits per heavy atom. The van der Waals surface area contributed by atoms with Gasteiger partial charge in [-0.3, -0.25) is 24.2 Å². The molecule has 4 atom stereocenters. The number of fused-ring (bicyclic) bond motifs is 3. The second kappa shape index (κ2) is 9.10. The van der Waals surface area contributed by atoms with Crippen LogP contribution in [0.2, 0.25) is 0 Å². The molecule has 1 aromatic rings. The number of carbonyl (C=O) groups is 3. The van der Waals surface area contributed by atoms with Crippen LogP contribution in [-0.4, -0.2) is 92.4 Å². The first-order valence-electron chi connectivity index (χ1n) is 12.8. The monoisotopic (exact) mass is 547 g/mol. The Kier molecular flexibility index (Phi) is 6.36. The molecule has 12 heteroatoms. The molecule has 1 aliphatic heterocycles. The van der Waals surface area contributed by atoms with Crippen molar-refractivity contribution in [3.63, 3.8) is 0 Å². The number of halogens is 2. The minimum atomic E-state index is -2.72. The number of rotatable bonds is 4. The molecule has 1 aromatic carbocycles. The average molecular weight is 548 g/mol. The highest BCUT2D eigenvalue weighted by Gasteiger charge is 2.63. The normalized spacial score (nSPS) is 30.8. The third-order valence-electron chi connectivity index (χ3n) is 8.68. The number of alkyl halides is 2. The summed E-state index contributed by atoms with van der Waals surface area (Å²) in [6.07, 6.45) is -0.417. The van der Waals surface area contributed by atoms with Gasteiger partial charge in [-0.15, -0.1) is 0 Å². The Hall–Kier alpha value is -3.35. The smallest absolute Gasteiger partial charge is 0.255 e. The van der Waals surface area contributed by atoms with Crippen LogP contribution < -0.4 is 5.73 Å². The molecule has 0 spiro atoms. The van der Waals surface area contributed by atoms with E-state index in [2.05, 4.69) is 0 Å². The number of hydrogen-bond donors (Lipinski definition) is 5. The van der Waals surface area contributed by atoms with Crippen molar-refractivity contribution in [3.05, 3.63) is 51.5 Å². The first-order valence-corrected chi connectivity index (χ1v) is 12.8. The topological polar surface area (TPSA) is 165 Å². The predicted molar refractivity (Wildman–Crippen MR) is 133 cm³/mol. The van der Waals surface area contributed by atoms with Gasteiger partial charge in [-0.25, -0.2) is 8.78 Å². The van der Waals surface area contributed by atoms with Crippen molar-refractivity contribution >= 4 is 17.5 Å². The minimum absolute atomic E-state index is 0.0171. The zero-order valence-electron chi connectivity index (χ0n) is 21.6. The number of nitrogens with two attached hydrogens (primary N) is 1. The van der Waals surface area contributed by atoms with Crippen molar-refractivity contribution in [1.29, 1.82) is 0 Å². The van der Waals surface area contributed by atoms with Crippen LogP contribution in [0.5, 0.6) is 5.75 Å². The first kappa shape index (κ1) is 27.2. The van der Waals surface area contributed by atoms with E-state index in [1.54, 1.807) is 20.2 Å². The summed E-state index contributed by atoms with van der Waals surface area (Å²) < 4.78 is 27.3. The number of ketones is 2. The maximum absolute atomic E-state index is 13.8. The highest BCUT2D eigenvalue weighted by atomic mass is 19.3. The number of amides is 1. The van der Waals surface area contributed by atoms with Gasteiger partial charge in [-0.2, -0.15) is 0 Å². The number of phenolic OH excluding ortho intramolecular Hbond substituents is 1. The molecule has 210 valence electrons. The van der Waals surface area contributed by atoms with Crippen LogP contribution >= 0.6 is 0 Å². The molecule has 10 nitrogen and oxygen atoms in total. The second-order valence-electron chi connectivity index (χ2n) is 11.2. The number of aromatic hydroxyl groups is 1. The SMILES string of the molecule is CN(C)[C@@H]1C(O)=C(C(N)=O)C(=O)[C@@]2(O)C(O)=C3C(=O)c4c(O)ccc(CN5CCC(F)(F)CC5)c4C[C@H]3C[C@@H]12. The van der Waals surface area contributed by atoms with E-state index in [-0.39, 0.29) is 62.2 Å². The first-order chi connectivity index (χ1) is 18.2. The standard InChI is InChI=1S/C27H31F2N3O7/c1-31(2)20-15-10-13-9-14-12(11-32-7-5-26(28,29)6-8-32)3-4-16(33)18(14)21(34)17(13)23(36)27(15,39)24(37)19(22(20)35)25(30)38/h3-4,13,15,20,33,35-36,39H,5-11H2,1-2H3,(H2,30,38)/t13-,15-,20-,27-/m0/s1. The van der Waals surface area contributed by atoms with E-state index in [9.17, 15) is 43.6 Å². The van der Waals surface area contributed by atoms with Crippen LogP contribution in [0.4, 0.5) is 8.78 Å². The summed E-state index contributed by atoms with van der Waals surface area (Å²) in [4.78, 5) is 42.5. The summed E-state index contributed by atoms with van der Waals surface area (Å²) in [6.45, 7) is 0.615. The fraction of sp³-hybridized carbons (Fsp3) is 0.519. The van der Waals surface area contributed by atoms with Gasteiger partial charge < -0.3 is 26.2 Å². The Morgan fingerprint density at radius 3 is 2.38 bits per heavy atom. The largest absolute Gasteiger partial charge is 0.510 e. The minimum Gasteiger partial charge on any atom is -0.510 e. The highest BCUT2D eigenvalue weighted by Crippen LogP contribution is 2.52. The van der Waals surface area contributed by atoms with Crippen molar-refractivity contribution in [3.8, 4) is 5.75 Å². The van der Waals surface area contributed by atoms with Gasteiger partial charge in [0.25, 0.3) is 11.8 Å². The fourth-order valence-electron chi connectivity index (χ4n) is 6.74. The molecule has 1 saturated heterocycles. The molecule has 0 saturated carbocycles. The van der Waals surface area contributed by atoms with Crippen molar-refractivity contribution in [1.82, 2.24) is 9.80 Å². The summed E-state index contributed by atoms with van der Waals surface area (Å²) in [7, 11) is 3.12. The number of hydrogen-bond acceptors (Lipinski definition) is 9. The van der Waals surface area contributed by atoms with Crippen LogP contribution in [-0.2, 0) is 22.6 Å². The number of benzene rings is 1.